The first kappa shape index (κ1) is 14.6. The quantitative estimate of drug-likeness (QED) is 0.754. The van der Waals surface area contributed by atoms with E-state index in [2.05, 4.69) is 41.3 Å². The Balaban J connectivity index is 2.26. The van der Waals surface area contributed by atoms with Gasteiger partial charge in [0, 0.05) is 18.3 Å². The van der Waals surface area contributed by atoms with Crippen molar-refractivity contribution < 1.29 is 0 Å². The third kappa shape index (κ3) is 6.12. The van der Waals surface area contributed by atoms with E-state index in [1.165, 1.54) is 12.1 Å². The molecular formula is C12H24N4S. The average molecular weight is 256 g/mol. The lowest BCUT2D eigenvalue weighted by Gasteiger charge is -2.16. The molecule has 0 atom stereocenters. The van der Waals surface area contributed by atoms with Crippen LogP contribution < -0.4 is 5.73 Å². The summed E-state index contributed by atoms with van der Waals surface area (Å²) in [4.78, 5) is 9.11. The van der Waals surface area contributed by atoms with Crippen molar-refractivity contribution in [1.29, 1.82) is 0 Å². The van der Waals surface area contributed by atoms with Crippen molar-refractivity contribution in [3.63, 3.8) is 0 Å². The van der Waals surface area contributed by atoms with Crippen LogP contribution in [0.15, 0.2) is 5.38 Å². The number of thiazole rings is 1. The number of nitrogens with two attached hydrogens (primary N) is 1. The number of hydrogen-bond donors (Lipinski definition) is 1. The maximum Gasteiger partial charge on any atom is 0.0941 e. The number of nitrogens with zero attached hydrogens (tertiary/aromatic N) is 3. The van der Waals surface area contributed by atoms with Crippen LogP contribution in [0.25, 0.3) is 0 Å². The maximum absolute atomic E-state index is 5.52. The van der Waals surface area contributed by atoms with Crippen LogP contribution in [-0.2, 0) is 13.0 Å². The summed E-state index contributed by atoms with van der Waals surface area (Å²) in [6.45, 7) is 3.88. The molecule has 0 amide bonds. The molecule has 1 aromatic heterocycles. The second-order valence-corrected chi connectivity index (χ2v) is 5.61. The van der Waals surface area contributed by atoms with E-state index < -0.39 is 0 Å². The second-order valence-electron chi connectivity index (χ2n) is 4.67. The van der Waals surface area contributed by atoms with Crippen molar-refractivity contribution in [3.8, 4) is 0 Å². The molecule has 0 saturated heterocycles. The fourth-order valence-corrected chi connectivity index (χ4v) is 2.48. The molecule has 0 aliphatic carbocycles. The van der Waals surface area contributed by atoms with Gasteiger partial charge in [-0.2, -0.15) is 0 Å². The third-order valence-corrected chi connectivity index (χ3v) is 3.49. The zero-order chi connectivity index (χ0) is 12.7. The fraction of sp³-hybridized carbons (Fsp3) is 0.750. The van der Waals surface area contributed by atoms with E-state index >= 15 is 0 Å². The van der Waals surface area contributed by atoms with Crippen LogP contribution in [0, 0.1) is 0 Å². The molecule has 5 heteroatoms. The van der Waals surface area contributed by atoms with Gasteiger partial charge in [-0.25, -0.2) is 4.98 Å². The monoisotopic (exact) mass is 256 g/mol. The minimum Gasteiger partial charge on any atom is -0.330 e. The maximum atomic E-state index is 5.52. The summed E-state index contributed by atoms with van der Waals surface area (Å²) in [5.41, 5.74) is 6.69. The van der Waals surface area contributed by atoms with Crippen LogP contribution in [0.4, 0.5) is 0 Å². The molecule has 0 aliphatic rings. The van der Waals surface area contributed by atoms with E-state index in [1.54, 1.807) is 11.3 Å². The van der Waals surface area contributed by atoms with Gasteiger partial charge in [0.15, 0.2) is 0 Å². The Morgan fingerprint density at radius 1 is 1.29 bits per heavy atom. The van der Waals surface area contributed by atoms with Gasteiger partial charge in [0.1, 0.15) is 0 Å². The van der Waals surface area contributed by atoms with Gasteiger partial charge in [-0.1, -0.05) is 0 Å². The van der Waals surface area contributed by atoms with Gasteiger partial charge in [0.2, 0.25) is 0 Å². The molecule has 1 aromatic rings. The lowest BCUT2D eigenvalue weighted by atomic mass is 10.3. The topological polar surface area (TPSA) is 45.4 Å². The first-order valence-corrected chi connectivity index (χ1v) is 6.96. The van der Waals surface area contributed by atoms with Gasteiger partial charge < -0.3 is 15.5 Å². The fourth-order valence-electron chi connectivity index (χ4n) is 1.67. The normalized spacial score (nSPS) is 11.6. The summed E-state index contributed by atoms with van der Waals surface area (Å²) < 4.78 is 0. The molecule has 0 radical (unpaired) electrons. The van der Waals surface area contributed by atoms with Gasteiger partial charge in [-0.3, -0.25) is 0 Å². The van der Waals surface area contributed by atoms with Crippen molar-refractivity contribution >= 4 is 11.3 Å². The minimum absolute atomic E-state index is 0.686. The molecule has 0 bridgehead atoms. The van der Waals surface area contributed by atoms with Gasteiger partial charge in [0.05, 0.1) is 10.7 Å². The van der Waals surface area contributed by atoms with Crippen molar-refractivity contribution in [1.82, 2.24) is 14.8 Å². The summed E-state index contributed by atoms with van der Waals surface area (Å²) in [5, 5.41) is 3.30. The Hall–Kier alpha value is -0.490. The number of aromatic nitrogens is 1. The van der Waals surface area contributed by atoms with E-state index in [0.29, 0.717) is 6.54 Å². The Labute approximate surface area is 108 Å². The highest BCUT2D eigenvalue weighted by Crippen LogP contribution is 2.11. The highest BCUT2D eigenvalue weighted by atomic mass is 32.1. The van der Waals surface area contributed by atoms with Crippen molar-refractivity contribution in [2.75, 3.05) is 40.8 Å². The van der Waals surface area contributed by atoms with Crippen LogP contribution in [0.5, 0.6) is 0 Å². The van der Waals surface area contributed by atoms with Gasteiger partial charge >= 0.3 is 0 Å². The Morgan fingerprint density at radius 3 is 2.71 bits per heavy atom. The molecule has 0 fully saturated rings. The molecule has 0 unspecified atom stereocenters. The van der Waals surface area contributed by atoms with Crippen molar-refractivity contribution in [3.05, 3.63) is 16.1 Å². The predicted molar refractivity (Wildman–Crippen MR) is 74.4 cm³/mol. The molecule has 2 N–H and O–H groups in total. The van der Waals surface area contributed by atoms with E-state index in [0.717, 1.165) is 31.1 Å². The number of rotatable bonds is 8. The van der Waals surface area contributed by atoms with Gasteiger partial charge in [-0.15, -0.1) is 11.3 Å². The summed E-state index contributed by atoms with van der Waals surface area (Å²) in [7, 11) is 6.37. The summed E-state index contributed by atoms with van der Waals surface area (Å²) >= 11 is 1.72. The molecule has 98 valence electrons. The Bertz CT molecular complexity index is 311. The van der Waals surface area contributed by atoms with Gasteiger partial charge in [0.25, 0.3) is 0 Å². The van der Waals surface area contributed by atoms with Crippen LogP contribution in [0.2, 0.25) is 0 Å². The van der Waals surface area contributed by atoms with Crippen LogP contribution in [0.1, 0.15) is 17.1 Å². The standard InChI is InChI=1S/C12H24N4S/c1-15(2)7-4-8-16(3)9-11-10-17-12(14-11)5-6-13/h10H,4-9,13H2,1-3H3. The number of hydrogen-bond acceptors (Lipinski definition) is 5. The lowest BCUT2D eigenvalue weighted by molar-refractivity contribution is 0.292. The van der Waals surface area contributed by atoms with E-state index in [9.17, 15) is 0 Å². The molecule has 17 heavy (non-hydrogen) atoms. The Kier molecular flexibility index (Phi) is 6.65. The van der Waals surface area contributed by atoms with Crippen LogP contribution >= 0.6 is 11.3 Å². The SMILES string of the molecule is CN(C)CCCN(C)Cc1csc(CCN)n1. The summed E-state index contributed by atoms with van der Waals surface area (Å²) in [6.07, 6.45) is 2.10. The summed E-state index contributed by atoms with van der Waals surface area (Å²) in [6, 6.07) is 0. The highest BCUT2D eigenvalue weighted by Gasteiger charge is 2.05. The first-order chi connectivity index (χ1) is 8.11. The lowest BCUT2D eigenvalue weighted by Crippen LogP contribution is -2.23. The smallest absolute Gasteiger partial charge is 0.0941 e. The second kappa shape index (κ2) is 7.76. The molecule has 4 nitrogen and oxygen atoms in total. The molecule has 0 aromatic carbocycles. The molecule has 0 aliphatic heterocycles. The molecule has 0 spiro atoms. The van der Waals surface area contributed by atoms with Crippen molar-refractivity contribution in [2.45, 2.75) is 19.4 Å². The highest BCUT2D eigenvalue weighted by molar-refractivity contribution is 7.09. The molecule has 1 rings (SSSR count). The Morgan fingerprint density at radius 2 is 2.06 bits per heavy atom. The van der Waals surface area contributed by atoms with E-state index in [1.807, 2.05) is 0 Å². The molecular weight excluding hydrogens is 232 g/mol. The first-order valence-electron chi connectivity index (χ1n) is 6.08. The van der Waals surface area contributed by atoms with Crippen molar-refractivity contribution in [2.24, 2.45) is 5.73 Å². The average Bonchev–Trinajstić information content (AvgIpc) is 2.65. The molecule has 0 saturated carbocycles. The zero-order valence-corrected chi connectivity index (χ0v) is 12.0. The van der Waals surface area contributed by atoms with Crippen LogP contribution in [-0.4, -0.2) is 55.6 Å². The van der Waals surface area contributed by atoms with E-state index in [4.69, 9.17) is 5.73 Å². The zero-order valence-electron chi connectivity index (χ0n) is 11.1. The minimum atomic E-state index is 0.686. The third-order valence-electron chi connectivity index (χ3n) is 2.53. The van der Waals surface area contributed by atoms with Crippen LogP contribution in [0.3, 0.4) is 0 Å². The van der Waals surface area contributed by atoms with E-state index in [-0.39, 0.29) is 0 Å². The largest absolute Gasteiger partial charge is 0.330 e. The molecule has 1 heterocycles. The van der Waals surface area contributed by atoms with Gasteiger partial charge in [-0.05, 0) is 47.2 Å². The predicted octanol–water partition coefficient (Wildman–Crippen LogP) is 1.03. The summed E-state index contributed by atoms with van der Waals surface area (Å²) in [5.74, 6) is 0.